The molecule has 0 bridgehead atoms. The number of aliphatic hydroxyl groups excluding tert-OH is 1. The molecule has 0 atom stereocenters. The van der Waals surface area contributed by atoms with Gasteiger partial charge in [0.15, 0.2) is 6.61 Å². The summed E-state index contributed by atoms with van der Waals surface area (Å²) in [7, 11) is 0. The third kappa shape index (κ3) is 3.27. The maximum Gasteiger partial charge on any atom is 0.262 e. The van der Waals surface area contributed by atoms with Gasteiger partial charge in [0, 0.05) is 24.1 Å². The number of anilines is 1. The smallest absolute Gasteiger partial charge is 0.262 e. The molecule has 0 radical (unpaired) electrons. The average Bonchev–Trinajstić information content (AvgIpc) is 2.44. The number of hydrogen-bond acceptors (Lipinski definition) is 4. The second kappa shape index (κ2) is 5.50. The minimum Gasteiger partial charge on any atom is -0.482 e. The SMILES string of the molecule is CC(C)(CO)CNC(=O)c1ccc2c(c1)NC(=O)CO2. The fourth-order valence-corrected chi connectivity index (χ4v) is 1.70. The van der Waals surface area contributed by atoms with E-state index in [4.69, 9.17) is 9.84 Å². The number of carbonyl (C=O) groups is 2. The summed E-state index contributed by atoms with van der Waals surface area (Å²) in [6.45, 7) is 4.05. The maximum absolute atomic E-state index is 12.0. The Hall–Kier alpha value is -2.08. The van der Waals surface area contributed by atoms with E-state index >= 15 is 0 Å². The highest BCUT2D eigenvalue weighted by Crippen LogP contribution is 2.28. The molecule has 0 fully saturated rings. The molecule has 2 rings (SSSR count). The predicted molar refractivity (Wildman–Crippen MR) is 73.8 cm³/mol. The maximum atomic E-state index is 12.0. The molecule has 1 aliphatic heterocycles. The van der Waals surface area contributed by atoms with Gasteiger partial charge in [0.2, 0.25) is 0 Å². The molecule has 6 heteroatoms. The molecule has 1 aromatic carbocycles. The molecule has 6 nitrogen and oxygen atoms in total. The Morgan fingerprint density at radius 2 is 2.25 bits per heavy atom. The van der Waals surface area contributed by atoms with Crippen LogP contribution < -0.4 is 15.4 Å². The van der Waals surface area contributed by atoms with Gasteiger partial charge in [-0.1, -0.05) is 13.8 Å². The molecule has 0 aliphatic carbocycles. The number of ether oxygens (including phenoxy) is 1. The molecule has 108 valence electrons. The van der Waals surface area contributed by atoms with E-state index in [-0.39, 0.29) is 30.4 Å². The van der Waals surface area contributed by atoms with Crippen molar-refractivity contribution >= 4 is 17.5 Å². The zero-order chi connectivity index (χ0) is 14.8. The van der Waals surface area contributed by atoms with Crippen LogP contribution in [0.15, 0.2) is 18.2 Å². The lowest BCUT2D eigenvalue weighted by Gasteiger charge is -2.22. The highest BCUT2D eigenvalue weighted by molar-refractivity contribution is 5.99. The second-order valence-corrected chi connectivity index (χ2v) is 5.55. The minimum absolute atomic E-state index is 0.0107. The van der Waals surface area contributed by atoms with Gasteiger partial charge >= 0.3 is 0 Å². The van der Waals surface area contributed by atoms with Gasteiger partial charge < -0.3 is 20.5 Å². The fraction of sp³-hybridized carbons (Fsp3) is 0.429. The van der Waals surface area contributed by atoms with Crippen LogP contribution in [-0.4, -0.2) is 36.7 Å². The number of rotatable bonds is 4. The first-order valence-corrected chi connectivity index (χ1v) is 6.37. The number of carbonyl (C=O) groups excluding carboxylic acids is 2. The predicted octanol–water partition coefficient (Wildman–Crippen LogP) is 0.766. The van der Waals surface area contributed by atoms with Crippen molar-refractivity contribution in [3.63, 3.8) is 0 Å². The van der Waals surface area contributed by atoms with Crippen molar-refractivity contribution in [2.24, 2.45) is 5.41 Å². The van der Waals surface area contributed by atoms with Crippen LogP contribution in [0.25, 0.3) is 0 Å². The number of fused-ring (bicyclic) bond motifs is 1. The molecule has 0 aromatic heterocycles. The van der Waals surface area contributed by atoms with Gasteiger partial charge in [-0.25, -0.2) is 0 Å². The van der Waals surface area contributed by atoms with Crippen LogP contribution in [-0.2, 0) is 4.79 Å². The summed E-state index contributed by atoms with van der Waals surface area (Å²) < 4.78 is 5.23. The van der Waals surface area contributed by atoms with Crippen LogP contribution in [0.2, 0.25) is 0 Å². The van der Waals surface area contributed by atoms with Crippen LogP contribution in [0.3, 0.4) is 0 Å². The first-order chi connectivity index (χ1) is 9.41. The molecule has 0 saturated heterocycles. The van der Waals surface area contributed by atoms with E-state index in [9.17, 15) is 9.59 Å². The van der Waals surface area contributed by atoms with Gasteiger partial charge in [-0.05, 0) is 18.2 Å². The molecule has 1 heterocycles. The first kappa shape index (κ1) is 14.3. The van der Waals surface area contributed by atoms with Crippen molar-refractivity contribution in [1.82, 2.24) is 5.32 Å². The van der Waals surface area contributed by atoms with Crippen molar-refractivity contribution < 1.29 is 19.4 Å². The van der Waals surface area contributed by atoms with Gasteiger partial charge in [-0.3, -0.25) is 9.59 Å². The molecule has 2 amide bonds. The molecular weight excluding hydrogens is 260 g/mol. The topological polar surface area (TPSA) is 87.7 Å². The van der Waals surface area contributed by atoms with E-state index in [0.29, 0.717) is 23.5 Å². The lowest BCUT2D eigenvalue weighted by molar-refractivity contribution is -0.118. The van der Waals surface area contributed by atoms with Gasteiger partial charge in [-0.2, -0.15) is 0 Å². The molecule has 20 heavy (non-hydrogen) atoms. The highest BCUT2D eigenvalue weighted by Gasteiger charge is 2.20. The van der Waals surface area contributed by atoms with E-state index in [0.717, 1.165) is 0 Å². The molecular formula is C14H18N2O4. The Bertz CT molecular complexity index is 540. The molecule has 1 aromatic rings. The summed E-state index contributed by atoms with van der Waals surface area (Å²) in [6, 6.07) is 4.87. The number of amides is 2. The van der Waals surface area contributed by atoms with Crippen LogP contribution in [0.1, 0.15) is 24.2 Å². The highest BCUT2D eigenvalue weighted by atomic mass is 16.5. The molecule has 0 unspecified atom stereocenters. The lowest BCUT2D eigenvalue weighted by atomic mass is 9.95. The number of nitrogens with one attached hydrogen (secondary N) is 2. The largest absolute Gasteiger partial charge is 0.482 e. The Labute approximate surface area is 117 Å². The Balaban J connectivity index is 2.08. The Morgan fingerprint density at radius 1 is 1.50 bits per heavy atom. The van der Waals surface area contributed by atoms with Crippen molar-refractivity contribution in [3.8, 4) is 5.75 Å². The zero-order valence-corrected chi connectivity index (χ0v) is 11.5. The molecule has 0 spiro atoms. The van der Waals surface area contributed by atoms with Crippen molar-refractivity contribution in [2.75, 3.05) is 25.1 Å². The average molecular weight is 278 g/mol. The second-order valence-electron chi connectivity index (χ2n) is 5.55. The van der Waals surface area contributed by atoms with Crippen LogP contribution >= 0.6 is 0 Å². The monoisotopic (exact) mass is 278 g/mol. The van der Waals surface area contributed by atoms with E-state index in [1.165, 1.54) is 0 Å². The quantitative estimate of drug-likeness (QED) is 0.759. The van der Waals surface area contributed by atoms with E-state index in [2.05, 4.69) is 10.6 Å². The van der Waals surface area contributed by atoms with Crippen molar-refractivity contribution in [3.05, 3.63) is 23.8 Å². The molecule has 0 saturated carbocycles. The summed E-state index contributed by atoms with van der Waals surface area (Å²) in [5.41, 5.74) is 0.555. The van der Waals surface area contributed by atoms with E-state index < -0.39 is 0 Å². The zero-order valence-electron chi connectivity index (χ0n) is 11.5. The number of hydrogen-bond donors (Lipinski definition) is 3. The molecule has 3 N–H and O–H groups in total. The first-order valence-electron chi connectivity index (χ1n) is 6.37. The van der Waals surface area contributed by atoms with Gasteiger partial charge in [-0.15, -0.1) is 0 Å². The number of benzene rings is 1. The van der Waals surface area contributed by atoms with Crippen LogP contribution in [0.5, 0.6) is 5.75 Å². The van der Waals surface area contributed by atoms with Crippen molar-refractivity contribution in [2.45, 2.75) is 13.8 Å². The van der Waals surface area contributed by atoms with Crippen LogP contribution in [0, 0.1) is 5.41 Å². The van der Waals surface area contributed by atoms with E-state index in [1.54, 1.807) is 18.2 Å². The third-order valence-corrected chi connectivity index (χ3v) is 3.03. The fourth-order valence-electron chi connectivity index (χ4n) is 1.70. The van der Waals surface area contributed by atoms with E-state index in [1.807, 2.05) is 13.8 Å². The number of aliphatic hydroxyl groups is 1. The summed E-state index contributed by atoms with van der Waals surface area (Å²) in [4.78, 5) is 23.3. The summed E-state index contributed by atoms with van der Waals surface area (Å²) in [6.07, 6.45) is 0. The van der Waals surface area contributed by atoms with Gasteiger partial charge in [0.1, 0.15) is 5.75 Å². The van der Waals surface area contributed by atoms with Crippen molar-refractivity contribution in [1.29, 1.82) is 0 Å². The normalized spacial score (nSPS) is 14.1. The Kier molecular flexibility index (Phi) is 3.94. The third-order valence-electron chi connectivity index (χ3n) is 3.03. The minimum atomic E-state index is -0.374. The standard InChI is InChI=1S/C14H18N2O4/c1-14(2,8-17)7-15-13(19)9-3-4-11-10(5-9)16-12(18)6-20-11/h3-5,17H,6-8H2,1-2H3,(H,15,19)(H,16,18). The lowest BCUT2D eigenvalue weighted by Crippen LogP contribution is -2.36. The Morgan fingerprint density at radius 3 is 2.95 bits per heavy atom. The summed E-state index contributed by atoms with van der Waals surface area (Å²) in [5, 5.41) is 14.6. The molecule has 1 aliphatic rings. The summed E-state index contributed by atoms with van der Waals surface area (Å²) >= 11 is 0. The van der Waals surface area contributed by atoms with Gasteiger partial charge in [0.05, 0.1) is 5.69 Å². The summed E-state index contributed by atoms with van der Waals surface area (Å²) in [5.74, 6) is 0.0578. The van der Waals surface area contributed by atoms with Gasteiger partial charge in [0.25, 0.3) is 11.8 Å². The van der Waals surface area contributed by atoms with Crippen LogP contribution in [0.4, 0.5) is 5.69 Å².